The number of nitrogens with one attached hydrogen (secondary N) is 1. The van der Waals surface area contributed by atoms with E-state index in [0.717, 1.165) is 4.31 Å². The summed E-state index contributed by atoms with van der Waals surface area (Å²) >= 11 is 0. The molecule has 0 bridgehead atoms. The summed E-state index contributed by atoms with van der Waals surface area (Å²) < 4.78 is 36.1. The Kier molecular flexibility index (Phi) is 5.22. The second-order valence-electron chi connectivity index (χ2n) is 4.88. The lowest BCUT2D eigenvalue weighted by Gasteiger charge is -2.33. The molecule has 1 amide bonds. The highest BCUT2D eigenvalue weighted by Gasteiger charge is 2.39. The summed E-state index contributed by atoms with van der Waals surface area (Å²) in [4.78, 5) is 23.5. The van der Waals surface area contributed by atoms with Crippen molar-refractivity contribution in [2.45, 2.75) is 17.4 Å². The van der Waals surface area contributed by atoms with Crippen molar-refractivity contribution in [3.05, 3.63) is 24.3 Å². The molecule has 0 spiro atoms. The number of carbonyl (C=O) groups is 2. The first-order valence-electron chi connectivity index (χ1n) is 6.90. The minimum atomic E-state index is -3.91. The fourth-order valence-corrected chi connectivity index (χ4v) is 3.89. The summed E-state index contributed by atoms with van der Waals surface area (Å²) in [7, 11) is -1.25. The van der Waals surface area contributed by atoms with Gasteiger partial charge in [0.2, 0.25) is 15.9 Å². The van der Waals surface area contributed by atoms with Gasteiger partial charge in [-0.2, -0.15) is 4.31 Å². The molecule has 1 aromatic carbocycles. The van der Waals surface area contributed by atoms with Crippen LogP contribution >= 0.6 is 0 Å². The molecule has 23 heavy (non-hydrogen) atoms. The number of piperazine rings is 1. The lowest BCUT2D eigenvalue weighted by Crippen LogP contribution is -2.57. The van der Waals surface area contributed by atoms with Crippen LogP contribution in [0.5, 0.6) is 5.75 Å². The zero-order valence-electron chi connectivity index (χ0n) is 12.8. The molecule has 1 aliphatic rings. The number of esters is 1. The minimum absolute atomic E-state index is 0.0304. The second-order valence-corrected chi connectivity index (χ2v) is 6.77. The Bertz CT molecular complexity index is 686. The first kappa shape index (κ1) is 17.2. The molecule has 1 aliphatic heterocycles. The van der Waals surface area contributed by atoms with Gasteiger partial charge in [0, 0.05) is 13.1 Å². The van der Waals surface area contributed by atoms with Crippen LogP contribution in [0, 0.1) is 0 Å². The number of amides is 1. The van der Waals surface area contributed by atoms with Crippen LogP contribution in [-0.4, -0.2) is 58.0 Å². The van der Waals surface area contributed by atoms with Crippen molar-refractivity contribution in [3.63, 3.8) is 0 Å². The Balaban J connectivity index is 2.33. The van der Waals surface area contributed by atoms with Crippen molar-refractivity contribution in [2.75, 3.05) is 27.3 Å². The second kappa shape index (κ2) is 6.97. The molecule has 1 atom stereocenters. The molecule has 8 nitrogen and oxygen atoms in total. The van der Waals surface area contributed by atoms with Crippen molar-refractivity contribution in [2.24, 2.45) is 0 Å². The van der Waals surface area contributed by atoms with Gasteiger partial charge in [0.1, 0.15) is 11.8 Å². The van der Waals surface area contributed by atoms with Crippen LogP contribution in [0.4, 0.5) is 0 Å². The smallest absolute Gasteiger partial charge is 0.307 e. The topological polar surface area (TPSA) is 102 Å². The average Bonchev–Trinajstić information content (AvgIpc) is 2.56. The number of benzene rings is 1. The van der Waals surface area contributed by atoms with Crippen molar-refractivity contribution < 1.29 is 27.5 Å². The molecular weight excluding hydrogens is 324 g/mol. The highest BCUT2D eigenvalue weighted by atomic mass is 32.2. The van der Waals surface area contributed by atoms with Crippen LogP contribution in [0.3, 0.4) is 0 Å². The highest BCUT2D eigenvalue weighted by Crippen LogP contribution is 2.23. The number of hydrogen-bond acceptors (Lipinski definition) is 6. The van der Waals surface area contributed by atoms with Crippen LogP contribution in [-0.2, 0) is 24.3 Å². The Morgan fingerprint density at radius 3 is 2.52 bits per heavy atom. The van der Waals surface area contributed by atoms with Gasteiger partial charge in [-0.15, -0.1) is 0 Å². The maximum absolute atomic E-state index is 12.8. The van der Waals surface area contributed by atoms with Gasteiger partial charge in [0.15, 0.2) is 0 Å². The van der Waals surface area contributed by atoms with E-state index in [2.05, 4.69) is 10.1 Å². The maximum atomic E-state index is 12.8. The summed E-state index contributed by atoms with van der Waals surface area (Å²) in [5.41, 5.74) is 0. The number of methoxy groups -OCH3 is 2. The molecule has 0 radical (unpaired) electrons. The predicted molar refractivity (Wildman–Crippen MR) is 80.3 cm³/mol. The zero-order chi connectivity index (χ0) is 17.0. The Labute approximate surface area is 134 Å². The van der Waals surface area contributed by atoms with E-state index in [4.69, 9.17) is 4.74 Å². The van der Waals surface area contributed by atoms with Crippen LogP contribution in [0.1, 0.15) is 6.42 Å². The molecule has 1 N–H and O–H groups in total. The summed E-state index contributed by atoms with van der Waals surface area (Å²) in [6.07, 6.45) is -0.336. The van der Waals surface area contributed by atoms with Crippen LogP contribution in [0.15, 0.2) is 29.2 Å². The summed E-state index contributed by atoms with van der Waals surface area (Å²) in [6.45, 7) is 0.271. The van der Waals surface area contributed by atoms with Gasteiger partial charge in [-0.1, -0.05) is 0 Å². The fraction of sp³-hybridized carbons (Fsp3) is 0.429. The number of nitrogens with zero attached hydrogens (tertiary/aromatic N) is 1. The standard InChI is InChI=1S/C14H18N2O6S/c1-21-10-3-5-11(6-4-10)23(19,20)16-8-7-15-14(18)12(16)9-13(17)22-2/h3-6,12H,7-9H2,1-2H3,(H,15,18)/t12-/m1/s1. The molecule has 1 fully saturated rings. The van der Waals surface area contributed by atoms with Crippen LogP contribution in [0.25, 0.3) is 0 Å². The first-order valence-corrected chi connectivity index (χ1v) is 8.34. The van der Waals surface area contributed by atoms with Gasteiger partial charge >= 0.3 is 5.97 Å². The van der Waals surface area contributed by atoms with Gasteiger partial charge in [-0.25, -0.2) is 8.42 Å². The Morgan fingerprint density at radius 1 is 1.30 bits per heavy atom. The van der Waals surface area contributed by atoms with Gasteiger partial charge in [-0.05, 0) is 24.3 Å². The van der Waals surface area contributed by atoms with Gasteiger partial charge in [-0.3, -0.25) is 9.59 Å². The molecule has 1 aromatic rings. The van der Waals surface area contributed by atoms with Crippen molar-refractivity contribution in [1.29, 1.82) is 0 Å². The van der Waals surface area contributed by atoms with E-state index < -0.39 is 27.9 Å². The molecule has 0 aliphatic carbocycles. The maximum Gasteiger partial charge on any atom is 0.307 e. The summed E-state index contributed by atoms with van der Waals surface area (Å²) in [5, 5.41) is 2.56. The lowest BCUT2D eigenvalue weighted by atomic mass is 10.1. The van der Waals surface area contributed by atoms with E-state index >= 15 is 0 Å². The normalized spacial score (nSPS) is 19.0. The number of hydrogen-bond donors (Lipinski definition) is 1. The number of carbonyl (C=O) groups excluding carboxylic acids is 2. The molecule has 1 heterocycles. The molecule has 0 aromatic heterocycles. The Hall–Kier alpha value is -2.13. The highest BCUT2D eigenvalue weighted by molar-refractivity contribution is 7.89. The van der Waals surface area contributed by atoms with E-state index in [9.17, 15) is 18.0 Å². The Morgan fingerprint density at radius 2 is 1.96 bits per heavy atom. The molecule has 126 valence electrons. The molecule has 9 heteroatoms. The minimum Gasteiger partial charge on any atom is -0.497 e. The quantitative estimate of drug-likeness (QED) is 0.740. The molecule has 0 saturated carbocycles. The van der Waals surface area contributed by atoms with E-state index in [1.807, 2.05) is 0 Å². The third kappa shape index (κ3) is 3.62. The first-order chi connectivity index (χ1) is 10.9. The zero-order valence-corrected chi connectivity index (χ0v) is 13.6. The number of ether oxygens (including phenoxy) is 2. The molecule has 2 rings (SSSR count). The van der Waals surface area contributed by atoms with E-state index in [-0.39, 0.29) is 24.4 Å². The molecule has 0 unspecified atom stereocenters. The largest absolute Gasteiger partial charge is 0.497 e. The van der Waals surface area contributed by atoms with Gasteiger partial charge in [0.25, 0.3) is 0 Å². The van der Waals surface area contributed by atoms with Gasteiger partial charge < -0.3 is 14.8 Å². The summed E-state index contributed by atoms with van der Waals surface area (Å²) in [6, 6.07) is 4.72. The van der Waals surface area contributed by atoms with E-state index in [1.165, 1.54) is 38.5 Å². The van der Waals surface area contributed by atoms with Crippen molar-refractivity contribution in [3.8, 4) is 5.75 Å². The monoisotopic (exact) mass is 342 g/mol. The number of sulfonamides is 1. The molecule has 1 saturated heterocycles. The van der Waals surface area contributed by atoms with E-state index in [0.29, 0.717) is 5.75 Å². The van der Waals surface area contributed by atoms with Crippen molar-refractivity contribution in [1.82, 2.24) is 9.62 Å². The van der Waals surface area contributed by atoms with Crippen LogP contribution < -0.4 is 10.1 Å². The number of rotatable bonds is 5. The SMILES string of the molecule is COC(=O)C[C@@H]1C(=O)NCCN1S(=O)(=O)c1ccc(OC)cc1. The predicted octanol–water partition coefficient (Wildman–Crippen LogP) is -0.253. The molecular formula is C14H18N2O6S. The van der Waals surface area contributed by atoms with Crippen molar-refractivity contribution >= 4 is 21.9 Å². The lowest BCUT2D eigenvalue weighted by molar-refractivity contribution is -0.144. The van der Waals surface area contributed by atoms with Crippen LogP contribution in [0.2, 0.25) is 0 Å². The average molecular weight is 342 g/mol. The van der Waals surface area contributed by atoms with E-state index in [1.54, 1.807) is 0 Å². The third-order valence-electron chi connectivity index (χ3n) is 3.54. The van der Waals surface area contributed by atoms with Gasteiger partial charge in [0.05, 0.1) is 25.5 Å². The fourth-order valence-electron chi connectivity index (χ4n) is 2.30. The third-order valence-corrected chi connectivity index (χ3v) is 5.46. The summed E-state index contributed by atoms with van der Waals surface area (Å²) in [5.74, 6) is -0.646.